The molecule has 0 saturated carbocycles. The number of hydrogen-bond donors (Lipinski definition) is 1. The molecule has 0 amide bonds. The summed E-state index contributed by atoms with van der Waals surface area (Å²) >= 11 is 0. The zero-order valence-electron chi connectivity index (χ0n) is 18.0. The van der Waals surface area contributed by atoms with Crippen molar-refractivity contribution in [3.8, 4) is 28.5 Å². The number of nitriles is 1. The van der Waals surface area contributed by atoms with Crippen LogP contribution in [0, 0.1) is 18.3 Å². The van der Waals surface area contributed by atoms with Gasteiger partial charge in [0, 0.05) is 16.8 Å². The van der Waals surface area contributed by atoms with E-state index in [4.69, 9.17) is 10.00 Å². The molecule has 2 aromatic carbocycles. The third-order valence-electron chi connectivity index (χ3n) is 5.23. The number of alkyl halides is 3. The summed E-state index contributed by atoms with van der Waals surface area (Å²) in [6.07, 6.45) is -4.49. The van der Waals surface area contributed by atoms with Crippen LogP contribution in [0.2, 0.25) is 0 Å². The molecule has 7 nitrogen and oxygen atoms in total. The molecule has 0 aliphatic carbocycles. The van der Waals surface area contributed by atoms with Crippen LogP contribution in [0.3, 0.4) is 0 Å². The van der Waals surface area contributed by atoms with E-state index < -0.39 is 23.3 Å². The number of benzene rings is 2. The number of carbonyl (C=O) groups is 1. The smallest absolute Gasteiger partial charge is 0.416 e. The molecule has 0 unspecified atom stereocenters. The number of halogens is 3. The van der Waals surface area contributed by atoms with E-state index in [0.717, 1.165) is 16.6 Å². The molecule has 2 aromatic heterocycles. The Morgan fingerprint density at radius 2 is 1.74 bits per heavy atom. The molecule has 0 aliphatic heterocycles. The molecule has 34 heavy (non-hydrogen) atoms. The fourth-order valence-electron chi connectivity index (χ4n) is 3.65. The van der Waals surface area contributed by atoms with Gasteiger partial charge in [0.25, 0.3) is 5.56 Å². The summed E-state index contributed by atoms with van der Waals surface area (Å²) in [5, 5.41) is 11.9. The van der Waals surface area contributed by atoms with E-state index in [-0.39, 0.29) is 23.5 Å². The Balaban J connectivity index is 2.00. The van der Waals surface area contributed by atoms with Crippen molar-refractivity contribution < 1.29 is 22.7 Å². The van der Waals surface area contributed by atoms with Crippen LogP contribution in [0.25, 0.3) is 28.0 Å². The highest BCUT2D eigenvalue weighted by molar-refractivity contribution is 5.97. The van der Waals surface area contributed by atoms with Crippen LogP contribution < -0.4 is 5.56 Å². The molecule has 172 valence electrons. The SMILES string of the molecule is CCOC(=O)c1c(-c2ccc(C#N)cc2)nc2c(-c3ccc(C(F)(F)F)cc3)c(C)[nH]n2c1=O. The fraction of sp³-hybridized carbons (Fsp3) is 0.167. The van der Waals surface area contributed by atoms with Crippen molar-refractivity contribution in [2.24, 2.45) is 0 Å². The highest BCUT2D eigenvalue weighted by Gasteiger charge is 2.30. The van der Waals surface area contributed by atoms with E-state index in [1.165, 1.54) is 24.3 Å². The summed E-state index contributed by atoms with van der Waals surface area (Å²) in [4.78, 5) is 30.6. The predicted molar refractivity (Wildman–Crippen MR) is 117 cm³/mol. The number of nitrogens with one attached hydrogen (secondary N) is 1. The second-order valence-electron chi connectivity index (χ2n) is 7.40. The molecule has 0 saturated heterocycles. The van der Waals surface area contributed by atoms with Crippen LogP contribution in [0.4, 0.5) is 13.2 Å². The minimum atomic E-state index is -4.49. The molecule has 0 fully saturated rings. The first-order valence-electron chi connectivity index (χ1n) is 10.2. The molecular weight excluding hydrogens is 449 g/mol. The number of aromatic nitrogens is 3. The number of carbonyl (C=O) groups excluding carboxylic acids is 1. The van der Waals surface area contributed by atoms with Crippen molar-refractivity contribution in [1.29, 1.82) is 5.26 Å². The maximum absolute atomic E-state index is 13.3. The largest absolute Gasteiger partial charge is 0.462 e. The minimum Gasteiger partial charge on any atom is -0.462 e. The number of fused-ring (bicyclic) bond motifs is 1. The summed E-state index contributed by atoms with van der Waals surface area (Å²) < 4.78 is 45.1. The third kappa shape index (κ3) is 3.92. The maximum atomic E-state index is 13.3. The molecule has 2 heterocycles. The normalized spacial score (nSPS) is 11.4. The lowest BCUT2D eigenvalue weighted by Gasteiger charge is -2.10. The number of esters is 1. The Kier molecular flexibility index (Phi) is 5.71. The van der Waals surface area contributed by atoms with Crippen molar-refractivity contribution >= 4 is 11.6 Å². The first-order valence-corrected chi connectivity index (χ1v) is 10.2. The number of aromatic amines is 1. The Bertz CT molecular complexity index is 1490. The van der Waals surface area contributed by atoms with Crippen LogP contribution in [0.5, 0.6) is 0 Å². The molecule has 10 heteroatoms. The highest BCUT2D eigenvalue weighted by atomic mass is 19.4. The van der Waals surface area contributed by atoms with Gasteiger partial charge in [0.15, 0.2) is 11.2 Å². The van der Waals surface area contributed by atoms with Gasteiger partial charge in [0.05, 0.1) is 29.5 Å². The molecule has 0 atom stereocenters. The summed E-state index contributed by atoms with van der Waals surface area (Å²) in [5.74, 6) is -0.864. The second-order valence-corrected chi connectivity index (χ2v) is 7.40. The lowest BCUT2D eigenvalue weighted by atomic mass is 10.0. The van der Waals surface area contributed by atoms with Gasteiger partial charge in [0.2, 0.25) is 0 Å². The van der Waals surface area contributed by atoms with E-state index in [2.05, 4.69) is 10.1 Å². The summed E-state index contributed by atoms with van der Waals surface area (Å²) in [5.41, 5.74) is 0.420. The average Bonchev–Trinajstić information content (AvgIpc) is 3.15. The minimum absolute atomic E-state index is 0.0361. The number of aryl methyl sites for hydroxylation is 1. The number of hydrogen-bond acceptors (Lipinski definition) is 5. The Morgan fingerprint density at radius 3 is 2.29 bits per heavy atom. The van der Waals surface area contributed by atoms with Crippen LogP contribution in [-0.2, 0) is 10.9 Å². The molecule has 1 N–H and O–H groups in total. The van der Waals surface area contributed by atoms with Crippen molar-refractivity contribution in [3.63, 3.8) is 0 Å². The van der Waals surface area contributed by atoms with Gasteiger partial charge in [-0.2, -0.15) is 18.4 Å². The monoisotopic (exact) mass is 466 g/mol. The van der Waals surface area contributed by atoms with Crippen LogP contribution in [0.15, 0.2) is 53.3 Å². The van der Waals surface area contributed by atoms with E-state index in [9.17, 15) is 22.8 Å². The molecule has 0 radical (unpaired) electrons. The van der Waals surface area contributed by atoms with Gasteiger partial charge >= 0.3 is 12.1 Å². The maximum Gasteiger partial charge on any atom is 0.416 e. The van der Waals surface area contributed by atoms with Crippen molar-refractivity contribution in [3.05, 3.63) is 81.3 Å². The Hall–Kier alpha value is -4.39. The molecule has 0 bridgehead atoms. The second kappa shape index (κ2) is 8.51. The lowest BCUT2D eigenvalue weighted by molar-refractivity contribution is -0.137. The quantitative estimate of drug-likeness (QED) is 0.438. The lowest BCUT2D eigenvalue weighted by Crippen LogP contribution is -2.26. The van der Waals surface area contributed by atoms with E-state index in [0.29, 0.717) is 27.9 Å². The first kappa shape index (κ1) is 22.8. The topological polar surface area (TPSA) is 100 Å². The van der Waals surface area contributed by atoms with Gasteiger partial charge in [-0.1, -0.05) is 24.3 Å². The van der Waals surface area contributed by atoms with Gasteiger partial charge < -0.3 is 4.74 Å². The standard InChI is InChI=1S/C24H17F3N4O3/c1-3-34-23(33)19-20(16-6-4-14(12-28)5-7-16)29-21-18(13(2)30-31(21)22(19)32)15-8-10-17(11-9-15)24(25,26)27/h4-11,30H,3H2,1-2H3. The van der Waals surface area contributed by atoms with E-state index in [1.807, 2.05) is 6.07 Å². The first-order chi connectivity index (χ1) is 16.2. The highest BCUT2D eigenvalue weighted by Crippen LogP contribution is 2.33. The molecule has 4 aromatic rings. The number of rotatable bonds is 4. The Morgan fingerprint density at radius 1 is 1.12 bits per heavy atom. The van der Waals surface area contributed by atoms with Crippen LogP contribution >= 0.6 is 0 Å². The summed E-state index contributed by atoms with van der Waals surface area (Å²) in [7, 11) is 0. The number of ether oxygens (including phenoxy) is 1. The zero-order valence-corrected chi connectivity index (χ0v) is 18.0. The van der Waals surface area contributed by atoms with Gasteiger partial charge in [-0.25, -0.2) is 14.3 Å². The number of H-pyrrole nitrogens is 1. The Labute approximate surface area is 191 Å². The summed E-state index contributed by atoms with van der Waals surface area (Å²) in [6, 6.07) is 12.6. The van der Waals surface area contributed by atoms with E-state index in [1.54, 1.807) is 26.0 Å². The van der Waals surface area contributed by atoms with Crippen molar-refractivity contribution in [2.75, 3.05) is 6.61 Å². The fourth-order valence-corrected chi connectivity index (χ4v) is 3.65. The predicted octanol–water partition coefficient (Wildman–Crippen LogP) is 4.73. The van der Waals surface area contributed by atoms with Crippen LogP contribution in [-0.4, -0.2) is 27.2 Å². The third-order valence-corrected chi connectivity index (χ3v) is 5.23. The van der Waals surface area contributed by atoms with Gasteiger partial charge in [0.1, 0.15) is 0 Å². The summed E-state index contributed by atoms with van der Waals surface area (Å²) in [6.45, 7) is 3.28. The average molecular weight is 466 g/mol. The van der Waals surface area contributed by atoms with Crippen molar-refractivity contribution in [1.82, 2.24) is 14.6 Å². The van der Waals surface area contributed by atoms with E-state index >= 15 is 0 Å². The van der Waals surface area contributed by atoms with Crippen LogP contribution in [0.1, 0.15) is 34.1 Å². The molecular formula is C24H17F3N4O3. The van der Waals surface area contributed by atoms with Crippen molar-refractivity contribution in [2.45, 2.75) is 20.0 Å². The number of nitrogens with zero attached hydrogens (tertiary/aromatic N) is 3. The van der Waals surface area contributed by atoms with Gasteiger partial charge in [-0.3, -0.25) is 9.89 Å². The molecule has 0 aliphatic rings. The van der Waals surface area contributed by atoms with Gasteiger partial charge in [-0.15, -0.1) is 0 Å². The molecule has 0 spiro atoms. The molecule has 4 rings (SSSR count). The van der Waals surface area contributed by atoms with Gasteiger partial charge in [-0.05, 0) is 43.7 Å². The zero-order chi connectivity index (χ0) is 24.6.